The Kier molecular flexibility index (Phi) is 4.50. The predicted octanol–water partition coefficient (Wildman–Crippen LogP) is 0.691. The first-order valence-corrected chi connectivity index (χ1v) is 9.07. The van der Waals surface area contributed by atoms with Crippen molar-refractivity contribution in [3.63, 3.8) is 0 Å². The van der Waals surface area contributed by atoms with Crippen LogP contribution in [0, 0.1) is 0 Å². The third kappa shape index (κ3) is 3.55. The monoisotopic (exact) mass is 346 g/mol. The first-order valence-electron chi connectivity index (χ1n) is 7.52. The van der Waals surface area contributed by atoms with E-state index >= 15 is 0 Å². The molecule has 8 heteroatoms. The molecule has 1 saturated heterocycles. The summed E-state index contributed by atoms with van der Waals surface area (Å²) >= 11 is 0. The average Bonchev–Trinajstić information content (AvgIpc) is 2.61. The third-order valence-corrected chi connectivity index (χ3v) is 4.95. The molecular weight excluding hydrogens is 328 g/mol. The van der Waals surface area contributed by atoms with E-state index < -0.39 is 10.0 Å². The summed E-state index contributed by atoms with van der Waals surface area (Å²) in [6.07, 6.45) is 3.22. The number of anilines is 1. The number of carbonyl (C=O) groups excluding carboxylic acids is 1. The second kappa shape index (κ2) is 6.58. The first-order chi connectivity index (χ1) is 11.4. The van der Waals surface area contributed by atoms with Gasteiger partial charge in [0.1, 0.15) is 0 Å². The lowest BCUT2D eigenvalue weighted by Crippen LogP contribution is -2.48. The normalized spacial score (nSPS) is 15.4. The van der Waals surface area contributed by atoms with Gasteiger partial charge in [-0.05, 0) is 36.4 Å². The molecule has 1 amide bonds. The highest BCUT2D eigenvalue weighted by Crippen LogP contribution is 2.19. The Bertz CT molecular complexity index is 814. The van der Waals surface area contributed by atoms with Crippen molar-refractivity contribution < 1.29 is 13.2 Å². The van der Waals surface area contributed by atoms with Gasteiger partial charge in [0.15, 0.2) is 0 Å². The molecule has 1 aromatic heterocycles. The highest BCUT2D eigenvalue weighted by Gasteiger charge is 2.22. The fraction of sp³-hybridized carbons (Fsp3) is 0.250. The minimum absolute atomic E-state index is 0.00150. The largest absolute Gasteiger partial charge is 0.368 e. The Hall–Kier alpha value is -2.45. The van der Waals surface area contributed by atoms with Gasteiger partial charge in [-0.1, -0.05) is 0 Å². The molecule has 0 spiro atoms. The smallest absolute Gasteiger partial charge is 0.254 e. The SMILES string of the molecule is NS(=O)(=O)c1ccc(N2CCN(C(=O)c3ccncc3)CC2)cc1. The maximum Gasteiger partial charge on any atom is 0.254 e. The van der Waals surface area contributed by atoms with E-state index in [4.69, 9.17) is 5.14 Å². The molecule has 1 aliphatic rings. The summed E-state index contributed by atoms with van der Waals surface area (Å²) in [4.78, 5) is 20.3. The van der Waals surface area contributed by atoms with Gasteiger partial charge in [0.25, 0.3) is 5.91 Å². The van der Waals surface area contributed by atoms with E-state index in [1.165, 1.54) is 12.1 Å². The zero-order valence-electron chi connectivity index (χ0n) is 13.0. The maximum atomic E-state index is 12.4. The Morgan fingerprint density at radius 2 is 1.54 bits per heavy atom. The van der Waals surface area contributed by atoms with E-state index in [0.717, 1.165) is 5.69 Å². The number of pyridine rings is 1. The summed E-state index contributed by atoms with van der Waals surface area (Å²) in [7, 11) is -3.68. The molecule has 2 aromatic rings. The fourth-order valence-electron chi connectivity index (χ4n) is 2.69. The van der Waals surface area contributed by atoms with E-state index in [1.54, 1.807) is 36.7 Å². The lowest BCUT2D eigenvalue weighted by atomic mass is 10.2. The van der Waals surface area contributed by atoms with Crippen LogP contribution in [0.4, 0.5) is 5.69 Å². The van der Waals surface area contributed by atoms with Crippen molar-refractivity contribution in [2.75, 3.05) is 31.1 Å². The molecular formula is C16H18N4O3S. The molecule has 2 N–H and O–H groups in total. The number of amides is 1. The van der Waals surface area contributed by atoms with Crippen LogP contribution in [-0.2, 0) is 10.0 Å². The molecule has 0 aliphatic carbocycles. The number of nitrogens with zero attached hydrogens (tertiary/aromatic N) is 3. The maximum absolute atomic E-state index is 12.4. The van der Waals surface area contributed by atoms with E-state index in [2.05, 4.69) is 9.88 Å². The lowest BCUT2D eigenvalue weighted by Gasteiger charge is -2.36. The van der Waals surface area contributed by atoms with Gasteiger partial charge < -0.3 is 9.80 Å². The number of nitrogens with two attached hydrogens (primary N) is 1. The van der Waals surface area contributed by atoms with E-state index in [0.29, 0.717) is 31.7 Å². The molecule has 3 rings (SSSR count). The first kappa shape index (κ1) is 16.4. The van der Waals surface area contributed by atoms with Gasteiger partial charge in [0.2, 0.25) is 10.0 Å². The average molecular weight is 346 g/mol. The molecule has 1 aliphatic heterocycles. The van der Waals surface area contributed by atoms with Crippen LogP contribution in [0.25, 0.3) is 0 Å². The molecule has 7 nitrogen and oxygen atoms in total. The molecule has 0 unspecified atom stereocenters. The van der Waals surface area contributed by atoms with Crippen LogP contribution in [0.3, 0.4) is 0 Å². The van der Waals surface area contributed by atoms with Gasteiger partial charge in [-0.25, -0.2) is 13.6 Å². The molecule has 0 bridgehead atoms. The fourth-order valence-corrected chi connectivity index (χ4v) is 3.21. The third-order valence-electron chi connectivity index (χ3n) is 4.02. The number of aromatic nitrogens is 1. The number of benzene rings is 1. The van der Waals surface area contributed by atoms with Crippen molar-refractivity contribution >= 4 is 21.6 Å². The van der Waals surface area contributed by atoms with E-state index in [-0.39, 0.29) is 10.8 Å². The van der Waals surface area contributed by atoms with E-state index in [1.807, 2.05) is 4.90 Å². The Morgan fingerprint density at radius 1 is 0.958 bits per heavy atom. The molecule has 0 radical (unpaired) electrons. The molecule has 1 aromatic carbocycles. The number of sulfonamides is 1. The number of rotatable bonds is 3. The second-order valence-electron chi connectivity index (χ2n) is 5.55. The Labute approximate surface area is 140 Å². The van der Waals surface area contributed by atoms with Crippen molar-refractivity contribution in [1.29, 1.82) is 0 Å². The summed E-state index contributed by atoms with van der Waals surface area (Å²) in [5.74, 6) is 0.00150. The number of hydrogen-bond donors (Lipinski definition) is 1. The quantitative estimate of drug-likeness (QED) is 0.882. The van der Waals surface area contributed by atoms with Crippen molar-refractivity contribution in [2.24, 2.45) is 5.14 Å². The van der Waals surface area contributed by atoms with Gasteiger partial charge in [-0.2, -0.15) is 0 Å². The van der Waals surface area contributed by atoms with Crippen molar-refractivity contribution in [3.8, 4) is 0 Å². The lowest BCUT2D eigenvalue weighted by molar-refractivity contribution is 0.0746. The summed E-state index contributed by atoms with van der Waals surface area (Å²) in [5, 5.41) is 5.10. The van der Waals surface area contributed by atoms with E-state index in [9.17, 15) is 13.2 Å². The molecule has 24 heavy (non-hydrogen) atoms. The molecule has 0 atom stereocenters. The van der Waals surface area contributed by atoms with Crippen molar-refractivity contribution in [1.82, 2.24) is 9.88 Å². The summed E-state index contributed by atoms with van der Waals surface area (Å²) < 4.78 is 22.6. The van der Waals surface area contributed by atoms with Crippen LogP contribution in [-0.4, -0.2) is 50.4 Å². The molecule has 126 valence electrons. The van der Waals surface area contributed by atoms with Crippen LogP contribution in [0.2, 0.25) is 0 Å². The van der Waals surface area contributed by atoms with Crippen LogP contribution >= 0.6 is 0 Å². The number of piperazine rings is 1. The molecule has 1 fully saturated rings. The number of carbonyl (C=O) groups is 1. The highest BCUT2D eigenvalue weighted by atomic mass is 32.2. The highest BCUT2D eigenvalue weighted by molar-refractivity contribution is 7.89. The minimum Gasteiger partial charge on any atom is -0.368 e. The number of hydrogen-bond acceptors (Lipinski definition) is 5. The van der Waals surface area contributed by atoms with Crippen molar-refractivity contribution in [2.45, 2.75) is 4.90 Å². The van der Waals surface area contributed by atoms with Crippen LogP contribution in [0.15, 0.2) is 53.7 Å². The minimum atomic E-state index is -3.68. The molecule has 2 heterocycles. The predicted molar refractivity (Wildman–Crippen MR) is 90.2 cm³/mol. The summed E-state index contributed by atoms with van der Waals surface area (Å²) in [5.41, 5.74) is 1.55. The zero-order chi connectivity index (χ0) is 17.2. The Morgan fingerprint density at radius 3 is 2.08 bits per heavy atom. The van der Waals surface area contributed by atoms with Crippen LogP contribution in [0.1, 0.15) is 10.4 Å². The summed E-state index contributed by atoms with van der Waals surface area (Å²) in [6.45, 7) is 2.59. The Balaban J connectivity index is 1.64. The zero-order valence-corrected chi connectivity index (χ0v) is 13.8. The van der Waals surface area contributed by atoms with Crippen molar-refractivity contribution in [3.05, 3.63) is 54.4 Å². The van der Waals surface area contributed by atoms with Gasteiger partial charge in [0, 0.05) is 49.8 Å². The molecule has 0 saturated carbocycles. The van der Waals surface area contributed by atoms with Gasteiger partial charge in [0.05, 0.1) is 4.90 Å². The number of primary sulfonamides is 1. The van der Waals surface area contributed by atoms with Crippen LogP contribution < -0.4 is 10.0 Å². The second-order valence-corrected chi connectivity index (χ2v) is 7.12. The van der Waals surface area contributed by atoms with Gasteiger partial charge in [-0.3, -0.25) is 9.78 Å². The topological polar surface area (TPSA) is 96.6 Å². The van der Waals surface area contributed by atoms with Crippen LogP contribution in [0.5, 0.6) is 0 Å². The summed E-state index contributed by atoms with van der Waals surface area (Å²) in [6, 6.07) is 9.89. The standard InChI is InChI=1S/C16H18N4O3S/c17-24(22,23)15-3-1-14(2-4-15)19-9-11-20(12-10-19)16(21)13-5-7-18-8-6-13/h1-8H,9-12H2,(H2,17,22,23). The van der Waals surface area contributed by atoms with Gasteiger partial charge >= 0.3 is 0 Å². The van der Waals surface area contributed by atoms with Gasteiger partial charge in [-0.15, -0.1) is 0 Å².